The molecule has 1 atom stereocenters. The maximum absolute atomic E-state index is 14.0. The zero-order chi connectivity index (χ0) is 18.8. The van der Waals surface area contributed by atoms with Crippen molar-refractivity contribution in [2.45, 2.75) is 31.2 Å². The number of rotatable bonds is 2. The van der Waals surface area contributed by atoms with Crippen molar-refractivity contribution in [3.8, 4) is 5.75 Å². The Labute approximate surface area is 156 Å². The molecule has 1 fully saturated rings. The Kier molecular flexibility index (Phi) is 3.39. The van der Waals surface area contributed by atoms with Gasteiger partial charge in [-0.2, -0.15) is 0 Å². The highest BCUT2D eigenvalue weighted by atomic mass is 19.1. The minimum atomic E-state index is -0.308. The number of nitrogens with zero attached hydrogens (tertiary/aromatic N) is 1. The number of aromatic nitrogens is 1. The fourth-order valence-corrected chi connectivity index (χ4v) is 4.62. The number of carbonyl (C=O) groups excluding carboxylic acids is 1. The van der Waals surface area contributed by atoms with Crippen LogP contribution in [0, 0.1) is 5.82 Å². The molecule has 0 radical (unpaired) electrons. The first kappa shape index (κ1) is 16.4. The van der Waals surface area contributed by atoms with E-state index in [2.05, 4.69) is 11.1 Å². The second kappa shape index (κ2) is 5.59. The fourth-order valence-electron chi connectivity index (χ4n) is 4.62. The van der Waals surface area contributed by atoms with Gasteiger partial charge in [0.1, 0.15) is 11.6 Å². The van der Waals surface area contributed by atoms with Crippen molar-refractivity contribution < 1.29 is 13.9 Å². The maximum atomic E-state index is 14.0. The molecule has 1 unspecified atom stereocenters. The molecule has 138 valence electrons. The summed E-state index contributed by atoms with van der Waals surface area (Å²) in [6, 6.07) is 12.3. The predicted octanol–water partition coefficient (Wildman–Crippen LogP) is 4.30. The Morgan fingerprint density at radius 1 is 1.26 bits per heavy atom. The SMILES string of the molecule is COc1ccc2[nH]c3c(c2c1)C1(CC1)CN(C(C)=O)C3c1cccc(F)c1. The van der Waals surface area contributed by atoms with Crippen LogP contribution < -0.4 is 4.74 Å². The van der Waals surface area contributed by atoms with E-state index in [9.17, 15) is 9.18 Å². The van der Waals surface area contributed by atoms with Crippen LogP contribution in [0.2, 0.25) is 0 Å². The lowest BCUT2D eigenvalue weighted by molar-refractivity contribution is -0.131. The Morgan fingerprint density at radius 3 is 2.74 bits per heavy atom. The summed E-state index contributed by atoms with van der Waals surface area (Å²) in [6.45, 7) is 2.26. The van der Waals surface area contributed by atoms with Gasteiger partial charge in [0.15, 0.2) is 0 Å². The number of carbonyl (C=O) groups is 1. The number of amides is 1. The maximum Gasteiger partial charge on any atom is 0.220 e. The van der Waals surface area contributed by atoms with Gasteiger partial charge in [-0.1, -0.05) is 12.1 Å². The van der Waals surface area contributed by atoms with E-state index in [0.29, 0.717) is 6.54 Å². The molecule has 27 heavy (non-hydrogen) atoms. The molecule has 1 aliphatic heterocycles. The van der Waals surface area contributed by atoms with Crippen LogP contribution in [0.15, 0.2) is 42.5 Å². The number of H-pyrrole nitrogens is 1. The van der Waals surface area contributed by atoms with E-state index in [1.807, 2.05) is 23.1 Å². The molecule has 1 aromatic heterocycles. The lowest BCUT2D eigenvalue weighted by atomic mass is 9.83. The number of nitrogens with one attached hydrogen (secondary N) is 1. The third kappa shape index (κ3) is 2.37. The molecule has 5 rings (SSSR count). The second-order valence-corrected chi connectivity index (χ2v) is 7.71. The van der Waals surface area contributed by atoms with Gasteiger partial charge < -0.3 is 14.6 Å². The first-order chi connectivity index (χ1) is 13.0. The number of hydrogen-bond donors (Lipinski definition) is 1. The van der Waals surface area contributed by atoms with Crippen molar-refractivity contribution in [3.05, 3.63) is 65.1 Å². The molecule has 1 amide bonds. The van der Waals surface area contributed by atoms with Gasteiger partial charge in [0.2, 0.25) is 5.91 Å². The van der Waals surface area contributed by atoms with Gasteiger partial charge in [0.25, 0.3) is 0 Å². The highest BCUT2D eigenvalue weighted by Crippen LogP contribution is 2.58. The van der Waals surface area contributed by atoms with Crippen molar-refractivity contribution in [2.24, 2.45) is 0 Å². The number of ether oxygens (including phenoxy) is 1. The van der Waals surface area contributed by atoms with E-state index in [1.54, 1.807) is 20.1 Å². The van der Waals surface area contributed by atoms with Gasteiger partial charge in [0.05, 0.1) is 13.2 Å². The highest BCUT2D eigenvalue weighted by molar-refractivity contribution is 5.89. The lowest BCUT2D eigenvalue weighted by Crippen LogP contribution is -2.44. The van der Waals surface area contributed by atoms with Crippen molar-refractivity contribution in [1.82, 2.24) is 9.88 Å². The molecule has 3 aromatic rings. The molecule has 0 bridgehead atoms. The molecule has 2 aromatic carbocycles. The summed E-state index contributed by atoms with van der Waals surface area (Å²) in [5.74, 6) is 0.538. The third-order valence-electron chi connectivity index (χ3n) is 6.05. The molecule has 1 aliphatic carbocycles. The van der Waals surface area contributed by atoms with Gasteiger partial charge in [-0.3, -0.25) is 4.79 Å². The predicted molar refractivity (Wildman–Crippen MR) is 101 cm³/mol. The van der Waals surface area contributed by atoms with Crippen LogP contribution in [0.3, 0.4) is 0 Å². The Bertz CT molecular complexity index is 1070. The van der Waals surface area contributed by atoms with Crippen LogP contribution in [0.4, 0.5) is 4.39 Å². The van der Waals surface area contributed by atoms with Crippen LogP contribution in [0.25, 0.3) is 10.9 Å². The molecular formula is C22H21FN2O2. The van der Waals surface area contributed by atoms with E-state index in [1.165, 1.54) is 17.7 Å². The van der Waals surface area contributed by atoms with Gasteiger partial charge in [-0.15, -0.1) is 0 Å². The van der Waals surface area contributed by atoms with E-state index in [0.717, 1.165) is 40.8 Å². The summed E-state index contributed by atoms with van der Waals surface area (Å²) in [5, 5.41) is 1.14. The lowest BCUT2D eigenvalue weighted by Gasteiger charge is -2.40. The molecule has 0 saturated heterocycles. The van der Waals surface area contributed by atoms with E-state index in [-0.39, 0.29) is 23.2 Å². The average molecular weight is 364 g/mol. The largest absolute Gasteiger partial charge is 0.497 e. The number of benzene rings is 2. The van der Waals surface area contributed by atoms with Crippen molar-refractivity contribution in [1.29, 1.82) is 0 Å². The zero-order valence-corrected chi connectivity index (χ0v) is 15.4. The molecule has 1 spiro atoms. The van der Waals surface area contributed by atoms with E-state index < -0.39 is 0 Å². The van der Waals surface area contributed by atoms with Crippen LogP contribution in [-0.2, 0) is 10.2 Å². The van der Waals surface area contributed by atoms with Crippen LogP contribution in [-0.4, -0.2) is 29.4 Å². The van der Waals surface area contributed by atoms with E-state index >= 15 is 0 Å². The zero-order valence-electron chi connectivity index (χ0n) is 15.4. The smallest absolute Gasteiger partial charge is 0.220 e. The number of aromatic amines is 1. The summed E-state index contributed by atoms with van der Waals surface area (Å²) in [5.41, 5.74) is 4.08. The number of hydrogen-bond acceptors (Lipinski definition) is 2. The summed E-state index contributed by atoms with van der Waals surface area (Å²) in [7, 11) is 1.67. The fraction of sp³-hybridized carbons (Fsp3) is 0.318. The van der Waals surface area contributed by atoms with Crippen molar-refractivity contribution in [3.63, 3.8) is 0 Å². The van der Waals surface area contributed by atoms with Crippen LogP contribution in [0.5, 0.6) is 5.75 Å². The van der Waals surface area contributed by atoms with E-state index in [4.69, 9.17) is 4.74 Å². The van der Waals surface area contributed by atoms with Crippen molar-refractivity contribution >= 4 is 16.8 Å². The third-order valence-corrected chi connectivity index (χ3v) is 6.05. The van der Waals surface area contributed by atoms with Gasteiger partial charge in [-0.25, -0.2) is 4.39 Å². The first-order valence-electron chi connectivity index (χ1n) is 9.25. The topological polar surface area (TPSA) is 45.3 Å². The molecule has 2 aliphatic rings. The minimum Gasteiger partial charge on any atom is -0.497 e. The van der Waals surface area contributed by atoms with Gasteiger partial charge in [0, 0.05) is 35.5 Å². The average Bonchev–Trinajstić information content (AvgIpc) is 3.30. The summed E-state index contributed by atoms with van der Waals surface area (Å²) >= 11 is 0. The number of fused-ring (bicyclic) bond motifs is 4. The van der Waals surface area contributed by atoms with Crippen molar-refractivity contribution in [2.75, 3.05) is 13.7 Å². The molecule has 1 saturated carbocycles. The second-order valence-electron chi connectivity index (χ2n) is 7.71. The minimum absolute atomic E-state index is 0.00452. The Morgan fingerprint density at radius 2 is 2.07 bits per heavy atom. The number of halogens is 1. The monoisotopic (exact) mass is 364 g/mol. The Hall–Kier alpha value is -2.82. The summed E-state index contributed by atoms with van der Waals surface area (Å²) < 4.78 is 19.4. The quantitative estimate of drug-likeness (QED) is 0.737. The summed E-state index contributed by atoms with van der Waals surface area (Å²) in [4.78, 5) is 17.9. The van der Waals surface area contributed by atoms with Gasteiger partial charge in [-0.05, 0) is 54.3 Å². The molecule has 2 heterocycles. The number of methoxy groups -OCH3 is 1. The standard InChI is InChI=1S/C22H21FN2O2/c1-13(26)25-12-22(8-9-22)19-17-11-16(27-2)6-7-18(17)24-20(19)21(25)14-4-3-5-15(23)10-14/h3-7,10-11,21,24H,8-9,12H2,1-2H3. The molecule has 1 N–H and O–H groups in total. The first-order valence-corrected chi connectivity index (χ1v) is 9.25. The van der Waals surface area contributed by atoms with Crippen LogP contribution >= 0.6 is 0 Å². The molecular weight excluding hydrogens is 343 g/mol. The summed E-state index contributed by atoms with van der Waals surface area (Å²) in [6.07, 6.45) is 2.12. The highest BCUT2D eigenvalue weighted by Gasteiger charge is 2.54. The van der Waals surface area contributed by atoms with Gasteiger partial charge >= 0.3 is 0 Å². The molecule has 4 nitrogen and oxygen atoms in total. The Balaban J connectivity index is 1.79. The molecule has 5 heteroatoms. The van der Waals surface area contributed by atoms with Crippen LogP contribution in [0.1, 0.15) is 42.6 Å². The normalized spacial score (nSPS) is 20.0.